The summed E-state index contributed by atoms with van der Waals surface area (Å²) in [6, 6.07) is 4.99. The van der Waals surface area contributed by atoms with Crippen LogP contribution < -0.4 is 20.1 Å². The summed E-state index contributed by atoms with van der Waals surface area (Å²) in [5.41, 5.74) is 0.490. The van der Waals surface area contributed by atoms with Crippen LogP contribution in [0.3, 0.4) is 0 Å². The molecule has 0 saturated heterocycles. The average Bonchev–Trinajstić information content (AvgIpc) is 2.46. The van der Waals surface area contributed by atoms with Gasteiger partial charge in [0.2, 0.25) is 5.91 Å². The van der Waals surface area contributed by atoms with Crippen LogP contribution in [0.4, 0.5) is 10.5 Å². The smallest absolute Gasteiger partial charge is 0.407 e. The Balaban J connectivity index is 2.59. The number of ether oxygens (including phenoxy) is 3. The summed E-state index contributed by atoms with van der Waals surface area (Å²) in [6.07, 6.45) is -0.635. The van der Waals surface area contributed by atoms with Gasteiger partial charge in [0.05, 0.1) is 26.5 Å². The Morgan fingerprint density at radius 2 is 1.95 bits per heavy atom. The van der Waals surface area contributed by atoms with Crippen molar-refractivity contribution in [1.82, 2.24) is 5.32 Å². The molecular weight excluding hydrogens is 264 g/mol. The van der Waals surface area contributed by atoms with Crippen LogP contribution in [0.15, 0.2) is 18.2 Å². The maximum absolute atomic E-state index is 11.7. The topological polar surface area (TPSA) is 85.9 Å². The molecular formula is C13H18N2O5. The van der Waals surface area contributed by atoms with Crippen molar-refractivity contribution in [3.05, 3.63) is 18.2 Å². The molecule has 0 aliphatic carbocycles. The molecule has 0 radical (unpaired) electrons. The van der Waals surface area contributed by atoms with Gasteiger partial charge in [-0.3, -0.25) is 4.79 Å². The van der Waals surface area contributed by atoms with E-state index in [9.17, 15) is 9.59 Å². The molecule has 0 unspecified atom stereocenters. The van der Waals surface area contributed by atoms with Crippen LogP contribution in [0, 0.1) is 0 Å². The van der Waals surface area contributed by atoms with Gasteiger partial charge in [-0.2, -0.15) is 0 Å². The van der Waals surface area contributed by atoms with Crippen LogP contribution >= 0.6 is 0 Å². The van der Waals surface area contributed by atoms with E-state index in [1.165, 1.54) is 14.2 Å². The maximum Gasteiger partial charge on any atom is 0.407 e. The second kappa shape index (κ2) is 7.88. The van der Waals surface area contributed by atoms with Gasteiger partial charge in [0.1, 0.15) is 18.0 Å². The number of alkyl carbamates (subject to hydrolysis) is 1. The lowest BCUT2D eigenvalue weighted by Gasteiger charge is -2.11. The summed E-state index contributed by atoms with van der Waals surface area (Å²) in [5, 5.41) is 4.95. The molecule has 0 saturated carbocycles. The standard InChI is InChI=1S/C13H18N2O5/c1-4-20-13(17)14-8-12(16)15-10-6-5-9(18-2)7-11(10)19-3/h5-7H,4,8H2,1-3H3,(H,14,17)(H,15,16). The number of carbonyl (C=O) groups is 2. The van der Waals surface area contributed by atoms with E-state index < -0.39 is 6.09 Å². The molecule has 1 aromatic rings. The Morgan fingerprint density at radius 3 is 2.55 bits per heavy atom. The van der Waals surface area contributed by atoms with E-state index in [-0.39, 0.29) is 19.1 Å². The Hall–Kier alpha value is -2.44. The third-order valence-corrected chi connectivity index (χ3v) is 2.35. The van der Waals surface area contributed by atoms with Crippen molar-refractivity contribution in [1.29, 1.82) is 0 Å². The zero-order valence-electron chi connectivity index (χ0n) is 11.7. The number of carbonyl (C=O) groups excluding carboxylic acids is 2. The zero-order chi connectivity index (χ0) is 15.0. The van der Waals surface area contributed by atoms with Gasteiger partial charge in [-0.25, -0.2) is 4.79 Å². The number of rotatable bonds is 6. The fourth-order valence-electron chi connectivity index (χ4n) is 1.43. The first kappa shape index (κ1) is 15.6. The lowest BCUT2D eigenvalue weighted by molar-refractivity contribution is -0.115. The number of benzene rings is 1. The lowest BCUT2D eigenvalue weighted by Crippen LogP contribution is -2.33. The first-order chi connectivity index (χ1) is 9.60. The Labute approximate surface area is 117 Å². The van der Waals surface area contributed by atoms with Gasteiger partial charge in [-0.05, 0) is 19.1 Å². The summed E-state index contributed by atoms with van der Waals surface area (Å²) in [4.78, 5) is 22.7. The van der Waals surface area contributed by atoms with Gasteiger partial charge in [0.25, 0.3) is 0 Å². The molecule has 0 fully saturated rings. The molecule has 20 heavy (non-hydrogen) atoms. The highest BCUT2D eigenvalue weighted by Crippen LogP contribution is 2.28. The van der Waals surface area contributed by atoms with Gasteiger partial charge in [0, 0.05) is 6.07 Å². The highest BCUT2D eigenvalue weighted by atomic mass is 16.5. The number of amides is 2. The van der Waals surface area contributed by atoms with Crippen LogP contribution in [0.1, 0.15) is 6.92 Å². The first-order valence-electron chi connectivity index (χ1n) is 6.03. The predicted molar refractivity (Wildman–Crippen MR) is 73.2 cm³/mol. The third-order valence-electron chi connectivity index (χ3n) is 2.35. The Kier molecular flexibility index (Phi) is 6.15. The molecule has 0 bridgehead atoms. The minimum atomic E-state index is -0.635. The van der Waals surface area contributed by atoms with Gasteiger partial charge >= 0.3 is 6.09 Å². The molecule has 1 aromatic carbocycles. The largest absolute Gasteiger partial charge is 0.497 e. The second-order valence-corrected chi connectivity index (χ2v) is 3.69. The minimum Gasteiger partial charge on any atom is -0.497 e. The third kappa shape index (κ3) is 4.68. The predicted octanol–water partition coefficient (Wildman–Crippen LogP) is 1.39. The average molecular weight is 282 g/mol. The lowest BCUT2D eigenvalue weighted by atomic mass is 10.2. The van der Waals surface area contributed by atoms with E-state index in [2.05, 4.69) is 15.4 Å². The van der Waals surface area contributed by atoms with Crippen molar-refractivity contribution >= 4 is 17.7 Å². The molecule has 2 N–H and O–H groups in total. The number of methoxy groups -OCH3 is 2. The first-order valence-corrected chi connectivity index (χ1v) is 6.03. The fraction of sp³-hybridized carbons (Fsp3) is 0.385. The molecule has 0 spiro atoms. The minimum absolute atomic E-state index is 0.186. The van der Waals surface area contributed by atoms with Gasteiger partial charge < -0.3 is 24.8 Å². The van der Waals surface area contributed by atoms with Crippen molar-refractivity contribution in [3.8, 4) is 11.5 Å². The quantitative estimate of drug-likeness (QED) is 0.823. The molecule has 7 heteroatoms. The Morgan fingerprint density at radius 1 is 1.20 bits per heavy atom. The number of hydrogen-bond acceptors (Lipinski definition) is 5. The summed E-state index contributed by atoms with van der Waals surface area (Å²) in [6.45, 7) is 1.75. The summed E-state index contributed by atoms with van der Waals surface area (Å²) in [5.74, 6) is 0.694. The molecule has 0 aliphatic heterocycles. The molecule has 1 rings (SSSR count). The van der Waals surface area contributed by atoms with E-state index in [1.54, 1.807) is 25.1 Å². The number of nitrogens with one attached hydrogen (secondary N) is 2. The van der Waals surface area contributed by atoms with E-state index in [4.69, 9.17) is 9.47 Å². The SMILES string of the molecule is CCOC(=O)NCC(=O)Nc1ccc(OC)cc1OC. The van der Waals surface area contributed by atoms with Crippen molar-refractivity contribution in [2.75, 3.05) is 32.7 Å². The van der Waals surface area contributed by atoms with Crippen LogP contribution in [0.5, 0.6) is 11.5 Å². The van der Waals surface area contributed by atoms with Crippen molar-refractivity contribution < 1.29 is 23.8 Å². The van der Waals surface area contributed by atoms with Crippen LogP contribution in [0.25, 0.3) is 0 Å². The fourth-order valence-corrected chi connectivity index (χ4v) is 1.43. The number of anilines is 1. The van der Waals surface area contributed by atoms with E-state index >= 15 is 0 Å². The van der Waals surface area contributed by atoms with E-state index in [0.29, 0.717) is 17.2 Å². The van der Waals surface area contributed by atoms with Gasteiger partial charge in [-0.15, -0.1) is 0 Å². The van der Waals surface area contributed by atoms with Gasteiger partial charge in [0.15, 0.2) is 0 Å². The van der Waals surface area contributed by atoms with Crippen molar-refractivity contribution in [2.45, 2.75) is 6.92 Å². The van der Waals surface area contributed by atoms with Crippen LogP contribution in [-0.2, 0) is 9.53 Å². The zero-order valence-corrected chi connectivity index (χ0v) is 11.7. The number of hydrogen-bond donors (Lipinski definition) is 2. The van der Waals surface area contributed by atoms with E-state index in [1.807, 2.05) is 0 Å². The highest BCUT2D eigenvalue weighted by molar-refractivity contribution is 5.95. The molecule has 2 amide bonds. The summed E-state index contributed by atoms with van der Waals surface area (Å²) < 4.78 is 14.8. The van der Waals surface area contributed by atoms with E-state index in [0.717, 1.165) is 0 Å². The Bertz CT molecular complexity index is 476. The highest BCUT2D eigenvalue weighted by Gasteiger charge is 2.10. The van der Waals surface area contributed by atoms with Crippen LogP contribution in [0.2, 0.25) is 0 Å². The molecule has 0 atom stereocenters. The second-order valence-electron chi connectivity index (χ2n) is 3.69. The monoisotopic (exact) mass is 282 g/mol. The molecule has 0 heterocycles. The molecule has 0 aromatic heterocycles. The van der Waals surface area contributed by atoms with Crippen molar-refractivity contribution in [3.63, 3.8) is 0 Å². The van der Waals surface area contributed by atoms with Gasteiger partial charge in [-0.1, -0.05) is 0 Å². The van der Waals surface area contributed by atoms with Crippen molar-refractivity contribution in [2.24, 2.45) is 0 Å². The summed E-state index contributed by atoms with van der Waals surface area (Å²) in [7, 11) is 3.03. The normalized spacial score (nSPS) is 9.55. The maximum atomic E-state index is 11.7. The summed E-state index contributed by atoms with van der Waals surface area (Å²) >= 11 is 0. The van der Waals surface area contributed by atoms with Crippen LogP contribution in [-0.4, -0.2) is 39.4 Å². The molecule has 110 valence electrons. The molecule has 7 nitrogen and oxygen atoms in total. The molecule has 0 aliphatic rings.